The third-order valence-corrected chi connectivity index (χ3v) is 4.27. The van der Waals surface area contributed by atoms with E-state index in [9.17, 15) is 4.79 Å². The van der Waals surface area contributed by atoms with Crippen LogP contribution in [0.25, 0.3) is 10.8 Å². The van der Waals surface area contributed by atoms with Gasteiger partial charge in [0.25, 0.3) is 5.91 Å². The molecule has 1 saturated heterocycles. The second-order valence-corrected chi connectivity index (χ2v) is 5.71. The topological polar surface area (TPSA) is 51.2 Å². The molecule has 0 saturated carbocycles. The van der Waals surface area contributed by atoms with Crippen LogP contribution in [0.15, 0.2) is 30.3 Å². The van der Waals surface area contributed by atoms with E-state index < -0.39 is 0 Å². The molecule has 0 spiro atoms. The number of hydrogen-bond donors (Lipinski definition) is 1. The molecule has 2 heterocycles. The first kappa shape index (κ1) is 14.3. The van der Waals surface area contributed by atoms with Gasteiger partial charge in [-0.15, -0.1) is 0 Å². The van der Waals surface area contributed by atoms with Crippen LogP contribution in [0.1, 0.15) is 23.8 Å². The minimum absolute atomic E-state index is 0.193. The Balaban J connectivity index is 1.75. The first-order chi connectivity index (χ1) is 10.1. The summed E-state index contributed by atoms with van der Waals surface area (Å²) in [7, 11) is 0. The molecule has 5 heteroatoms. The van der Waals surface area contributed by atoms with E-state index in [2.05, 4.69) is 10.3 Å². The molecule has 110 valence electrons. The normalized spacial score (nSPS) is 21.6. The van der Waals surface area contributed by atoms with Gasteiger partial charge in [-0.2, -0.15) is 0 Å². The maximum Gasteiger partial charge on any atom is 0.269 e. The number of aromatic nitrogens is 1. The maximum absolute atomic E-state index is 12.2. The van der Waals surface area contributed by atoms with Gasteiger partial charge < -0.3 is 10.1 Å². The van der Waals surface area contributed by atoms with E-state index in [-0.39, 0.29) is 12.0 Å². The predicted octanol–water partition coefficient (Wildman–Crippen LogP) is 3.04. The van der Waals surface area contributed by atoms with Crippen molar-refractivity contribution < 1.29 is 9.53 Å². The van der Waals surface area contributed by atoms with Gasteiger partial charge in [0.15, 0.2) is 0 Å². The summed E-state index contributed by atoms with van der Waals surface area (Å²) in [5.74, 6) is 0.173. The lowest BCUT2D eigenvalue weighted by molar-refractivity contribution is 0.0903. The molecule has 0 aliphatic carbocycles. The smallest absolute Gasteiger partial charge is 0.269 e. The second kappa shape index (κ2) is 6.00. The Morgan fingerprint density at radius 2 is 2.29 bits per heavy atom. The zero-order chi connectivity index (χ0) is 14.8. The molecule has 2 atom stereocenters. The van der Waals surface area contributed by atoms with Crippen molar-refractivity contribution in [3.63, 3.8) is 0 Å². The largest absolute Gasteiger partial charge is 0.378 e. The predicted molar refractivity (Wildman–Crippen MR) is 82.6 cm³/mol. The molecule has 1 aromatic heterocycles. The minimum Gasteiger partial charge on any atom is -0.378 e. The SMILES string of the molecule is CC1OCCC1CNC(=O)c1cc2ccccc2c(Cl)n1. The van der Waals surface area contributed by atoms with E-state index in [0.29, 0.717) is 23.3 Å². The van der Waals surface area contributed by atoms with Crippen LogP contribution < -0.4 is 5.32 Å². The summed E-state index contributed by atoms with van der Waals surface area (Å²) in [5.41, 5.74) is 0.352. The van der Waals surface area contributed by atoms with Gasteiger partial charge >= 0.3 is 0 Å². The average molecular weight is 305 g/mol. The molecule has 2 aromatic rings. The summed E-state index contributed by atoms with van der Waals surface area (Å²) in [6.45, 7) is 3.41. The van der Waals surface area contributed by atoms with Gasteiger partial charge in [-0.1, -0.05) is 35.9 Å². The Labute approximate surface area is 128 Å². The highest BCUT2D eigenvalue weighted by atomic mass is 35.5. The lowest BCUT2D eigenvalue weighted by Gasteiger charge is -2.14. The molecule has 0 radical (unpaired) electrons. The van der Waals surface area contributed by atoms with E-state index in [4.69, 9.17) is 16.3 Å². The number of amides is 1. The zero-order valence-corrected chi connectivity index (χ0v) is 12.6. The van der Waals surface area contributed by atoms with E-state index in [0.717, 1.165) is 23.8 Å². The number of halogens is 1. The number of fused-ring (bicyclic) bond motifs is 1. The molecule has 1 amide bonds. The van der Waals surface area contributed by atoms with Crippen LogP contribution >= 0.6 is 11.6 Å². The van der Waals surface area contributed by atoms with Crippen molar-refractivity contribution in [3.8, 4) is 0 Å². The number of carbonyl (C=O) groups is 1. The number of rotatable bonds is 3. The number of carbonyl (C=O) groups excluding carboxylic acids is 1. The van der Waals surface area contributed by atoms with Gasteiger partial charge in [0.05, 0.1) is 6.10 Å². The first-order valence-corrected chi connectivity index (χ1v) is 7.48. The van der Waals surface area contributed by atoms with Gasteiger partial charge in [0, 0.05) is 24.5 Å². The highest BCUT2D eigenvalue weighted by Crippen LogP contribution is 2.23. The zero-order valence-electron chi connectivity index (χ0n) is 11.8. The van der Waals surface area contributed by atoms with Crippen molar-refractivity contribution in [2.24, 2.45) is 5.92 Å². The Morgan fingerprint density at radius 3 is 3.05 bits per heavy atom. The molecule has 1 fully saturated rings. The molecule has 3 rings (SSSR count). The van der Waals surface area contributed by atoms with Gasteiger partial charge in [-0.25, -0.2) is 4.98 Å². The van der Waals surface area contributed by atoms with Crippen molar-refractivity contribution in [2.45, 2.75) is 19.4 Å². The third kappa shape index (κ3) is 3.01. The van der Waals surface area contributed by atoms with Crippen molar-refractivity contribution in [1.82, 2.24) is 10.3 Å². The maximum atomic E-state index is 12.2. The van der Waals surface area contributed by atoms with Gasteiger partial charge in [0.2, 0.25) is 0 Å². The molecular formula is C16H17ClN2O2. The fourth-order valence-electron chi connectivity index (χ4n) is 2.63. The number of pyridine rings is 1. The average Bonchev–Trinajstić information content (AvgIpc) is 2.90. The van der Waals surface area contributed by atoms with E-state index >= 15 is 0 Å². The number of hydrogen-bond acceptors (Lipinski definition) is 3. The second-order valence-electron chi connectivity index (χ2n) is 5.35. The molecule has 4 nitrogen and oxygen atoms in total. The summed E-state index contributed by atoms with van der Waals surface area (Å²) < 4.78 is 5.49. The van der Waals surface area contributed by atoms with Gasteiger partial charge in [-0.3, -0.25) is 4.79 Å². The lowest BCUT2D eigenvalue weighted by Crippen LogP contribution is -2.32. The first-order valence-electron chi connectivity index (χ1n) is 7.10. The van der Waals surface area contributed by atoms with Crippen LogP contribution in [0.4, 0.5) is 0 Å². The molecule has 2 unspecified atom stereocenters. The number of nitrogens with one attached hydrogen (secondary N) is 1. The highest BCUT2D eigenvalue weighted by Gasteiger charge is 2.24. The number of ether oxygens (including phenoxy) is 1. The molecule has 1 N–H and O–H groups in total. The summed E-state index contributed by atoms with van der Waals surface area (Å²) in [5, 5.41) is 5.05. The monoisotopic (exact) mass is 304 g/mol. The number of benzene rings is 1. The van der Waals surface area contributed by atoms with Crippen molar-refractivity contribution >= 4 is 28.3 Å². The summed E-state index contributed by atoms with van der Waals surface area (Å²) >= 11 is 6.15. The summed E-state index contributed by atoms with van der Waals surface area (Å²) in [6.07, 6.45) is 1.17. The Hall–Kier alpha value is -1.65. The van der Waals surface area contributed by atoms with Gasteiger partial charge in [-0.05, 0) is 24.8 Å². The van der Waals surface area contributed by atoms with Crippen LogP contribution in [0.2, 0.25) is 5.15 Å². The Bertz CT molecular complexity index is 674. The quantitative estimate of drug-likeness (QED) is 0.887. The fourth-order valence-corrected chi connectivity index (χ4v) is 2.89. The van der Waals surface area contributed by atoms with Crippen LogP contribution in [0, 0.1) is 5.92 Å². The molecule has 1 aliphatic rings. The van der Waals surface area contributed by atoms with Crippen LogP contribution in [0.5, 0.6) is 0 Å². The number of nitrogens with zero attached hydrogens (tertiary/aromatic N) is 1. The van der Waals surface area contributed by atoms with Crippen molar-refractivity contribution in [1.29, 1.82) is 0 Å². The van der Waals surface area contributed by atoms with Crippen molar-refractivity contribution in [2.75, 3.05) is 13.2 Å². The lowest BCUT2D eigenvalue weighted by atomic mass is 10.0. The molecular weight excluding hydrogens is 288 g/mol. The molecule has 1 aliphatic heterocycles. The van der Waals surface area contributed by atoms with E-state index in [1.807, 2.05) is 31.2 Å². The Morgan fingerprint density at radius 1 is 1.48 bits per heavy atom. The van der Waals surface area contributed by atoms with Crippen LogP contribution in [0.3, 0.4) is 0 Å². The van der Waals surface area contributed by atoms with E-state index in [1.54, 1.807) is 6.07 Å². The van der Waals surface area contributed by atoms with Crippen LogP contribution in [-0.2, 0) is 4.74 Å². The van der Waals surface area contributed by atoms with E-state index in [1.165, 1.54) is 0 Å². The summed E-state index contributed by atoms with van der Waals surface area (Å²) in [4.78, 5) is 16.4. The minimum atomic E-state index is -0.193. The van der Waals surface area contributed by atoms with Crippen molar-refractivity contribution in [3.05, 3.63) is 41.2 Å². The molecule has 21 heavy (non-hydrogen) atoms. The molecule has 0 bridgehead atoms. The van der Waals surface area contributed by atoms with Crippen LogP contribution in [-0.4, -0.2) is 30.1 Å². The molecule has 1 aromatic carbocycles. The van der Waals surface area contributed by atoms with Gasteiger partial charge in [0.1, 0.15) is 10.8 Å². The Kier molecular flexibility index (Phi) is 4.08. The third-order valence-electron chi connectivity index (χ3n) is 3.98. The summed E-state index contributed by atoms with van der Waals surface area (Å²) in [6, 6.07) is 9.40. The fraction of sp³-hybridized carbons (Fsp3) is 0.375. The standard InChI is InChI=1S/C16H17ClN2O2/c1-10-12(6-7-21-10)9-18-16(20)14-8-11-4-2-3-5-13(11)15(17)19-14/h2-5,8,10,12H,6-7,9H2,1H3,(H,18,20). The highest BCUT2D eigenvalue weighted by molar-refractivity contribution is 6.34.